The van der Waals surface area contributed by atoms with Gasteiger partial charge in [-0.15, -0.1) is 0 Å². The Bertz CT molecular complexity index is 632. The minimum Gasteiger partial charge on any atom is -0.377 e. The number of hydrogen-bond donors (Lipinski definition) is 1. The van der Waals surface area contributed by atoms with Crippen LogP contribution in [0.5, 0.6) is 0 Å². The monoisotopic (exact) mass is 294 g/mol. The molecule has 2 aromatic carbocycles. The molecule has 6 heteroatoms. The maximum absolute atomic E-state index is 12.9. The van der Waals surface area contributed by atoms with Crippen LogP contribution in [0.3, 0.4) is 0 Å². The minimum atomic E-state index is -0.482. The summed E-state index contributed by atoms with van der Waals surface area (Å²) in [7, 11) is 0. The van der Waals surface area contributed by atoms with E-state index in [0.717, 1.165) is 5.56 Å². The average molecular weight is 295 g/mol. The van der Waals surface area contributed by atoms with Crippen molar-refractivity contribution in [2.45, 2.75) is 13.0 Å². The molecule has 104 valence electrons. The molecule has 4 nitrogen and oxygen atoms in total. The molecule has 2 rings (SSSR count). The molecule has 1 atom stereocenters. The molecule has 20 heavy (non-hydrogen) atoms. The lowest BCUT2D eigenvalue weighted by molar-refractivity contribution is -0.384. The van der Waals surface area contributed by atoms with Crippen molar-refractivity contribution < 1.29 is 9.31 Å². The van der Waals surface area contributed by atoms with Gasteiger partial charge in [0.1, 0.15) is 5.82 Å². The molecule has 0 heterocycles. The Labute approximate surface area is 120 Å². The molecule has 0 fully saturated rings. The highest BCUT2D eigenvalue weighted by atomic mass is 35.5. The fraction of sp³-hybridized carbons (Fsp3) is 0.143. The van der Waals surface area contributed by atoms with Crippen molar-refractivity contribution in [2.24, 2.45) is 0 Å². The number of rotatable bonds is 4. The fourth-order valence-corrected chi connectivity index (χ4v) is 1.98. The van der Waals surface area contributed by atoms with Crippen LogP contribution in [-0.4, -0.2) is 4.92 Å². The summed E-state index contributed by atoms with van der Waals surface area (Å²) in [6, 6.07) is 10.1. The highest BCUT2D eigenvalue weighted by Crippen LogP contribution is 2.29. The second-order valence-corrected chi connectivity index (χ2v) is 4.75. The molecule has 0 saturated heterocycles. The normalized spacial score (nSPS) is 11.9. The van der Waals surface area contributed by atoms with Gasteiger partial charge in [-0.1, -0.05) is 23.7 Å². The zero-order valence-electron chi connectivity index (χ0n) is 10.6. The molecule has 0 aliphatic rings. The summed E-state index contributed by atoms with van der Waals surface area (Å²) in [5, 5.41) is 14.2. The number of nitro groups is 1. The molecule has 1 unspecified atom stereocenters. The second kappa shape index (κ2) is 5.88. The smallest absolute Gasteiger partial charge is 0.271 e. The lowest BCUT2D eigenvalue weighted by Crippen LogP contribution is -2.07. The van der Waals surface area contributed by atoms with Gasteiger partial charge in [-0.2, -0.15) is 0 Å². The number of anilines is 1. The van der Waals surface area contributed by atoms with Crippen LogP contribution in [0, 0.1) is 15.9 Å². The zero-order valence-corrected chi connectivity index (χ0v) is 11.4. The van der Waals surface area contributed by atoms with Crippen molar-refractivity contribution in [1.29, 1.82) is 0 Å². The SMILES string of the molecule is CC(Nc1cc([N+](=O)[O-])ccc1Cl)c1ccc(F)cc1. The molecule has 0 bridgehead atoms. The van der Waals surface area contributed by atoms with Gasteiger partial charge in [0.05, 0.1) is 15.6 Å². The quantitative estimate of drug-likeness (QED) is 0.664. The Morgan fingerprint density at radius 1 is 1.25 bits per heavy atom. The topological polar surface area (TPSA) is 55.2 Å². The van der Waals surface area contributed by atoms with Crippen LogP contribution in [0.2, 0.25) is 5.02 Å². The molecule has 0 saturated carbocycles. The number of benzene rings is 2. The van der Waals surface area contributed by atoms with Crippen LogP contribution in [0.15, 0.2) is 42.5 Å². The maximum atomic E-state index is 12.9. The molecule has 0 spiro atoms. The van der Waals surface area contributed by atoms with Crippen molar-refractivity contribution in [3.05, 3.63) is 69.0 Å². The first-order valence-electron chi connectivity index (χ1n) is 5.93. The van der Waals surface area contributed by atoms with E-state index in [1.54, 1.807) is 12.1 Å². The molecule has 0 amide bonds. The first-order chi connectivity index (χ1) is 9.47. The highest BCUT2D eigenvalue weighted by molar-refractivity contribution is 6.33. The lowest BCUT2D eigenvalue weighted by Gasteiger charge is -2.16. The summed E-state index contributed by atoms with van der Waals surface area (Å²) in [5.41, 5.74) is 1.29. The van der Waals surface area contributed by atoms with Gasteiger partial charge in [-0.05, 0) is 30.7 Å². The van der Waals surface area contributed by atoms with E-state index in [1.807, 2.05) is 6.92 Å². The summed E-state index contributed by atoms with van der Waals surface area (Å²) < 4.78 is 12.9. The predicted molar refractivity (Wildman–Crippen MR) is 76.5 cm³/mol. The van der Waals surface area contributed by atoms with Gasteiger partial charge in [-0.3, -0.25) is 10.1 Å². The largest absolute Gasteiger partial charge is 0.377 e. The van der Waals surface area contributed by atoms with Crippen LogP contribution in [-0.2, 0) is 0 Å². The Morgan fingerprint density at radius 2 is 1.90 bits per heavy atom. The second-order valence-electron chi connectivity index (χ2n) is 4.34. The Morgan fingerprint density at radius 3 is 2.50 bits per heavy atom. The molecule has 0 aromatic heterocycles. The highest BCUT2D eigenvalue weighted by Gasteiger charge is 2.12. The summed E-state index contributed by atoms with van der Waals surface area (Å²) in [5.74, 6) is -0.311. The molecular formula is C14H12ClFN2O2. The van der Waals surface area contributed by atoms with Gasteiger partial charge in [0.2, 0.25) is 0 Å². The summed E-state index contributed by atoms with van der Waals surface area (Å²) in [6.07, 6.45) is 0. The van der Waals surface area contributed by atoms with Crippen molar-refractivity contribution >= 4 is 23.0 Å². The van der Waals surface area contributed by atoms with E-state index in [9.17, 15) is 14.5 Å². The Hall–Kier alpha value is -2.14. The van der Waals surface area contributed by atoms with E-state index >= 15 is 0 Å². The van der Waals surface area contributed by atoms with Gasteiger partial charge in [0, 0.05) is 18.2 Å². The molecule has 0 aliphatic carbocycles. The van der Waals surface area contributed by atoms with Crippen molar-refractivity contribution in [1.82, 2.24) is 0 Å². The Kier molecular flexibility index (Phi) is 4.20. The van der Waals surface area contributed by atoms with Gasteiger partial charge < -0.3 is 5.32 Å². The predicted octanol–water partition coefficient (Wildman–Crippen LogP) is 4.56. The molecule has 2 aromatic rings. The number of nitro benzene ring substituents is 1. The van der Waals surface area contributed by atoms with E-state index in [4.69, 9.17) is 11.6 Å². The van der Waals surface area contributed by atoms with E-state index in [-0.39, 0.29) is 17.5 Å². The maximum Gasteiger partial charge on any atom is 0.271 e. The van der Waals surface area contributed by atoms with Crippen LogP contribution < -0.4 is 5.32 Å². The van der Waals surface area contributed by atoms with E-state index in [1.165, 1.54) is 30.3 Å². The Balaban J connectivity index is 2.22. The molecule has 0 aliphatic heterocycles. The summed E-state index contributed by atoms with van der Waals surface area (Å²) in [4.78, 5) is 10.3. The number of nitrogens with one attached hydrogen (secondary N) is 1. The fourth-order valence-electron chi connectivity index (χ4n) is 1.81. The van der Waals surface area contributed by atoms with E-state index in [0.29, 0.717) is 10.7 Å². The van der Waals surface area contributed by atoms with Crippen molar-refractivity contribution in [3.8, 4) is 0 Å². The first-order valence-corrected chi connectivity index (χ1v) is 6.31. The zero-order chi connectivity index (χ0) is 14.7. The van der Waals surface area contributed by atoms with Gasteiger partial charge in [0.15, 0.2) is 0 Å². The van der Waals surface area contributed by atoms with Gasteiger partial charge >= 0.3 is 0 Å². The third kappa shape index (κ3) is 3.24. The number of nitrogens with zero attached hydrogens (tertiary/aromatic N) is 1. The number of non-ortho nitro benzene ring substituents is 1. The minimum absolute atomic E-state index is 0.0387. The van der Waals surface area contributed by atoms with E-state index in [2.05, 4.69) is 5.32 Å². The summed E-state index contributed by atoms with van der Waals surface area (Å²) in [6.45, 7) is 1.86. The van der Waals surface area contributed by atoms with Gasteiger partial charge in [0.25, 0.3) is 5.69 Å². The third-order valence-electron chi connectivity index (χ3n) is 2.90. The molecule has 1 N–H and O–H groups in total. The average Bonchev–Trinajstić information content (AvgIpc) is 2.41. The van der Waals surface area contributed by atoms with E-state index < -0.39 is 4.92 Å². The standard InChI is InChI=1S/C14H12ClFN2O2/c1-9(10-2-4-11(16)5-3-10)17-14-8-12(18(19)20)6-7-13(14)15/h2-9,17H,1H3. The van der Waals surface area contributed by atoms with Crippen molar-refractivity contribution in [3.63, 3.8) is 0 Å². The lowest BCUT2D eigenvalue weighted by atomic mass is 10.1. The van der Waals surface area contributed by atoms with Crippen LogP contribution in [0.4, 0.5) is 15.8 Å². The number of hydrogen-bond acceptors (Lipinski definition) is 3. The first kappa shape index (κ1) is 14.3. The van der Waals surface area contributed by atoms with Crippen LogP contribution in [0.1, 0.15) is 18.5 Å². The van der Waals surface area contributed by atoms with Crippen LogP contribution >= 0.6 is 11.6 Å². The van der Waals surface area contributed by atoms with Gasteiger partial charge in [-0.25, -0.2) is 4.39 Å². The van der Waals surface area contributed by atoms with Crippen molar-refractivity contribution in [2.75, 3.05) is 5.32 Å². The summed E-state index contributed by atoms with van der Waals surface area (Å²) >= 11 is 6.01. The molecular weight excluding hydrogens is 283 g/mol. The molecule has 0 radical (unpaired) electrons. The number of halogens is 2. The van der Waals surface area contributed by atoms with Crippen LogP contribution in [0.25, 0.3) is 0 Å². The third-order valence-corrected chi connectivity index (χ3v) is 3.23.